The van der Waals surface area contributed by atoms with Crippen LogP contribution in [-0.2, 0) is 19.1 Å². The number of rotatable bonds is 14. The Labute approximate surface area is 229 Å². The zero-order chi connectivity index (χ0) is 24.2. The lowest BCUT2D eigenvalue weighted by Gasteiger charge is -2.28. The third-order valence-electron chi connectivity index (χ3n) is 5.50. The van der Waals surface area contributed by atoms with Gasteiger partial charge in [0.15, 0.2) is 0 Å². The van der Waals surface area contributed by atoms with E-state index in [1.165, 1.54) is 49.3 Å². The summed E-state index contributed by atoms with van der Waals surface area (Å²) in [7, 11) is 0. The topological polar surface area (TPSA) is 52.6 Å². The van der Waals surface area contributed by atoms with E-state index in [1.807, 2.05) is 47.0 Å². The SMILES string of the molecule is C=CC(=O)OCC1=CSC(CSCC2CCC(CSCC3SC=C(COC(=O)C=C)S3)CC2)S1. The molecule has 0 radical (unpaired) electrons. The Morgan fingerprint density at radius 3 is 1.59 bits per heavy atom. The first-order valence-electron chi connectivity index (χ1n) is 11.3. The number of hydrogen-bond acceptors (Lipinski definition) is 10. The highest BCUT2D eigenvalue weighted by molar-refractivity contribution is 8.24. The molecule has 4 nitrogen and oxygen atoms in total. The highest BCUT2D eigenvalue weighted by Crippen LogP contribution is 2.43. The van der Waals surface area contributed by atoms with Crippen molar-refractivity contribution in [2.24, 2.45) is 11.8 Å². The quantitative estimate of drug-likeness (QED) is 0.159. The maximum absolute atomic E-state index is 11.2. The van der Waals surface area contributed by atoms with Gasteiger partial charge < -0.3 is 9.47 Å². The summed E-state index contributed by atoms with van der Waals surface area (Å²) in [6, 6.07) is 0. The fraction of sp³-hybridized carbons (Fsp3) is 0.583. The number of carbonyl (C=O) groups is 2. The molecule has 0 amide bonds. The molecule has 1 saturated carbocycles. The zero-order valence-electron chi connectivity index (χ0n) is 19.2. The van der Waals surface area contributed by atoms with Crippen LogP contribution in [0.5, 0.6) is 0 Å². The van der Waals surface area contributed by atoms with Crippen molar-refractivity contribution in [3.63, 3.8) is 0 Å². The molecule has 2 unspecified atom stereocenters. The second-order valence-corrected chi connectivity index (χ2v) is 15.7. The third-order valence-corrected chi connectivity index (χ3v) is 14.2. The van der Waals surface area contributed by atoms with E-state index in [0.717, 1.165) is 33.2 Å². The lowest BCUT2D eigenvalue weighted by atomic mass is 9.84. The number of esters is 2. The number of hydrogen-bond donors (Lipinski definition) is 0. The largest absolute Gasteiger partial charge is 0.457 e. The maximum atomic E-state index is 11.2. The molecule has 0 aromatic rings. The summed E-state index contributed by atoms with van der Waals surface area (Å²) < 4.78 is 11.3. The van der Waals surface area contributed by atoms with Crippen molar-refractivity contribution in [2.45, 2.75) is 34.8 Å². The highest BCUT2D eigenvalue weighted by atomic mass is 32.2. The molecule has 0 aromatic carbocycles. The van der Waals surface area contributed by atoms with Crippen LogP contribution in [0.2, 0.25) is 0 Å². The molecular weight excluding hydrogens is 545 g/mol. The van der Waals surface area contributed by atoms with Crippen LogP contribution in [0.3, 0.4) is 0 Å². The van der Waals surface area contributed by atoms with Gasteiger partial charge in [-0.1, -0.05) is 13.2 Å². The lowest BCUT2D eigenvalue weighted by Crippen LogP contribution is -2.18. The van der Waals surface area contributed by atoms with Crippen LogP contribution in [0.1, 0.15) is 25.7 Å². The van der Waals surface area contributed by atoms with Gasteiger partial charge in [0.25, 0.3) is 0 Å². The Hall–Kier alpha value is -0.000000000000000222. The molecule has 3 rings (SSSR count). The summed E-state index contributed by atoms with van der Waals surface area (Å²) in [5.74, 6) is 5.80. The van der Waals surface area contributed by atoms with Crippen LogP contribution in [-0.4, -0.2) is 57.3 Å². The van der Waals surface area contributed by atoms with Gasteiger partial charge in [0.05, 0.1) is 9.16 Å². The van der Waals surface area contributed by atoms with Gasteiger partial charge in [0.2, 0.25) is 0 Å². The van der Waals surface area contributed by atoms with Crippen LogP contribution >= 0.6 is 70.6 Å². The summed E-state index contributed by atoms with van der Waals surface area (Å²) in [6.07, 6.45) is 7.86. The fourth-order valence-electron chi connectivity index (χ4n) is 3.66. The van der Waals surface area contributed by atoms with E-state index in [9.17, 15) is 9.59 Å². The highest BCUT2D eigenvalue weighted by Gasteiger charge is 2.25. The minimum absolute atomic E-state index is 0.357. The average Bonchev–Trinajstić information content (AvgIpc) is 3.51. The molecule has 2 atom stereocenters. The smallest absolute Gasteiger partial charge is 0.330 e. The molecule has 0 saturated heterocycles. The van der Waals surface area contributed by atoms with Crippen molar-refractivity contribution in [2.75, 3.05) is 36.2 Å². The normalized spacial score (nSPS) is 26.5. The maximum Gasteiger partial charge on any atom is 0.330 e. The van der Waals surface area contributed by atoms with Crippen molar-refractivity contribution < 1.29 is 19.1 Å². The van der Waals surface area contributed by atoms with Gasteiger partial charge in [0, 0.05) is 33.5 Å². The molecule has 0 bridgehead atoms. The van der Waals surface area contributed by atoms with Crippen molar-refractivity contribution >= 4 is 82.5 Å². The second kappa shape index (κ2) is 16.0. The van der Waals surface area contributed by atoms with Crippen molar-refractivity contribution in [3.05, 3.63) is 45.9 Å². The fourth-order valence-corrected chi connectivity index (χ4v) is 12.0. The summed E-state index contributed by atoms with van der Waals surface area (Å²) in [5.41, 5.74) is 0. The van der Waals surface area contributed by atoms with Gasteiger partial charge in [-0.2, -0.15) is 23.5 Å². The van der Waals surface area contributed by atoms with E-state index >= 15 is 0 Å². The monoisotopic (exact) mass is 576 g/mol. The average molecular weight is 577 g/mol. The third kappa shape index (κ3) is 10.5. The summed E-state index contributed by atoms with van der Waals surface area (Å²) >= 11 is 11.5. The molecule has 34 heavy (non-hydrogen) atoms. The van der Waals surface area contributed by atoms with Crippen molar-refractivity contribution in [3.8, 4) is 0 Å². The van der Waals surface area contributed by atoms with Crippen LogP contribution in [0.4, 0.5) is 0 Å². The Bertz CT molecular complexity index is 711. The van der Waals surface area contributed by atoms with Crippen molar-refractivity contribution in [1.82, 2.24) is 0 Å². The first-order valence-corrected chi connectivity index (χ1v) is 17.3. The van der Waals surface area contributed by atoms with Gasteiger partial charge in [-0.05, 0) is 59.8 Å². The van der Waals surface area contributed by atoms with Crippen LogP contribution < -0.4 is 0 Å². The molecule has 188 valence electrons. The van der Waals surface area contributed by atoms with E-state index in [-0.39, 0.29) is 11.9 Å². The molecule has 3 aliphatic rings. The lowest BCUT2D eigenvalue weighted by molar-refractivity contribution is -0.137. The van der Waals surface area contributed by atoms with E-state index in [2.05, 4.69) is 47.5 Å². The molecule has 0 spiro atoms. The van der Waals surface area contributed by atoms with Gasteiger partial charge in [-0.3, -0.25) is 0 Å². The Morgan fingerprint density at radius 2 is 1.21 bits per heavy atom. The number of thioether (sulfide) groups is 6. The molecule has 10 heteroatoms. The van der Waals surface area contributed by atoms with Gasteiger partial charge in [-0.25, -0.2) is 9.59 Å². The molecule has 2 heterocycles. The van der Waals surface area contributed by atoms with Gasteiger partial charge in [0.1, 0.15) is 13.2 Å². The predicted octanol–water partition coefficient (Wildman–Crippen LogP) is 7.01. The van der Waals surface area contributed by atoms with Gasteiger partial charge in [-0.15, -0.1) is 47.0 Å². The van der Waals surface area contributed by atoms with E-state index in [1.54, 1.807) is 0 Å². The Balaban J connectivity index is 1.17. The Morgan fingerprint density at radius 1 is 0.794 bits per heavy atom. The van der Waals surface area contributed by atoms with Crippen LogP contribution in [0.25, 0.3) is 0 Å². The van der Waals surface area contributed by atoms with Crippen molar-refractivity contribution in [1.29, 1.82) is 0 Å². The van der Waals surface area contributed by atoms with Crippen LogP contribution in [0, 0.1) is 11.8 Å². The zero-order valence-corrected chi connectivity index (χ0v) is 24.1. The number of ether oxygens (including phenoxy) is 2. The molecule has 1 aliphatic carbocycles. The molecule has 2 aliphatic heterocycles. The Kier molecular flexibility index (Phi) is 13.4. The number of carbonyl (C=O) groups excluding carboxylic acids is 2. The molecule has 0 N–H and O–H groups in total. The minimum atomic E-state index is -0.357. The second-order valence-electron chi connectivity index (χ2n) is 8.12. The summed E-state index contributed by atoms with van der Waals surface area (Å²) in [5, 5.41) is 4.26. The summed E-state index contributed by atoms with van der Waals surface area (Å²) in [6.45, 7) is 7.59. The first-order chi connectivity index (χ1) is 16.6. The first kappa shape index (κ1) is 28.6. The minimum Gasteiger partial charge on any atom is -0.457 e. The molecular formula is C24H32O4S6. The van der Waals surface area contributed by atoms with Gasteiger partial charge >= 0.3 is 11.9 Å². The van der Waals surface area contributed by atoms with E-state index in [0.29, 0.717) is 22.4 Å². The van der Waals surface area contributed by atoms with E-state index in [4.69, 9.17) is 9.47 Å². The van der Waals surface area contributed by atoms with Crippen LogP contribution in [0.15, 0.2) is 45.9 Å². The molecule has 0 aromatic heterocycles. The standard InChI is InChI=1S/C24H32O4S6/c1-3-21(25)27-9-19-13-31-23(33-19)15-29-11-17-5-7-18(8-6-17)12-30-16-24-32-14-20(34-24)10-28-22(26)4-2/h3-4,13-14,17-18,23-24H,1-2,5-12,15-16H2. The predicted molar refractivity (Wildman–Crippen MR) is 157 cm³/mol. The molecule has 1 fully saturated rings. The van der Waals surface area contributed by atoms with E-state index < -0.39 is 0 Å². The summed E-state index contributed by atoms with van der Waals surface area (Å²) in [4.78, 5) is 24.7.